The van der Waals surface area contributed by atoms with Crippen molar-refractivity contribution in [3.63, 3.8) is 0 Å². The van der Waals surface area contributed by atoms with Gasteiger partial charge in [-0.3, -0.25) is 4.79 Å². The molecule has 0 aliphatic carbocycles. The average molecular weight is 273 g/mol. The van der Waals surface area contributed by atoms with Gasteiger partial charge in [0.05, 0.1) is 17.4 Å². The first-order valence-electron chi connectivity index (χ1n) is 6.46. The highest BCUT2D eigenvalue weighted by atomic mass is 19.1. The van der Waals surface area contributed by atoms with Gasteiger partial charge in [-0.2, -0.15) is 4.39 Å². The number of pyridine rings is 1. The zero-order chi connectivity index (χ0) is 14.4. The van der Waals surface area contributed by atoms with Crippen molar-refractivity contribution in [2.75, 3.05) is 17.2 Å². The van der Waals surface area contributed by atoms with E-state index < -0.39 is 5.95 Å². The minimum absolute atomic E-state index is 0.252. The van der Waals surface area contributed by atoms with Crippen LogP contribution in [0.1, 0.15) is 23.7 Å². The van der Waals surface area contributed by atoms with Crippen LogP contribution in [0.5, 0.6) is 0 Å². The molecule has 2 aromatic rings. The highest BCUT2D eigenvalue weighted by molar-refractivity contribution is 6.07. The van der Waals surface area contributed by atoms with Gasteiger partial charge in [0, 0.05) is 12.2 Å². The van der Waals surface area contributed by atoms with Crippen LogP contribution in [0.4, 0.5) is 15.8 Å². The lowest BCUT2D eigenvalue weighted by molar-refractivity contribution is 0.102. The summed E-state index contributed by atoms with van der Waals surface area (Å²) in [4.78, 5) is 15.7. The number of halogens is 1. The van der Waals surface area contributed by atoms with E-state index in [1.165, 1.54) is 18.3 Å². The number of carbonyl (C=O) groups excluding carboxylic acids is 1. The van der Waals surface area contributed by atoms with Crippen LogP contribution in [0.25, 0.3) is 0 Å². The fourth-order valence-electron chi connectivity index (χ4n) is 1.74. The molecule has 1 aromatic heterocycles. The molecule has 2 N–H and O–H groups in total. The molecule has 0 aliphatic rings. The number of nitrogens with one attached hydrogen (secondary N) is 2. The Balaban J connectivity index is 2.14. The molecule has 0 fully saturated rings. The Kier molecular flexibility index (Phi) is 4.65. The second-order valence-electron chi connectivity index (χ2n) is 4.30. The molecule has 4 nitrogen and oxygen atoms in total. The maximum absolute atomic E-state index is 12.7. The van der Waals surface area contributed by atoms with Crippen LogP contribution in [-0.2, 0) is 0 Å². The Hall–Kier alpha value is -2.43. The molecule has 2 rings (SSSR count). The van der Waals surface area contributed by atoms with E-state index in [1.807, 2.05) is 12.1 Å². The fraction of sp³-hybridized carbons (Fsp3) is 0.200. The molecular weight excluding hydrogens is 257 g/mol. The van der Waals surface area contributed by atoms with E-state index in [0.29, 0.717) is 11.3 Å². The molecule has 0 saturated carbocycles. The van der Waals surface area contributed by atoms with E-state index in [0.717, 1.165) is 18.7 Å². The summed E-state index contributed by atoms with van der Waals surface area (Å²) < 4.78 is 12.7. The monoisotopic (exact) mass is 273 g/mol. The van der Waals surface area contributed by atoms with Gasteiger partial charge in [0.1, 0.15) is 0 Å². The molecule has 0 unspecified atom stereocenters. The third-order valence-electron chi connectivity index (χ3n) is 2.72. The molecule has 1 heterocycles. The van der Waals surface area contributed by atoms with Gasteiger partial charge in [-0.25, -0.2) is 4.98 Å². The minimum atomic E-state index is -0.576. The lowest BCUT2D eigenvalue weighted by atomic mass is 10.1. The number of carbonyl (C=O) groups is 1. The first-order chi connectivity index (χ1) is 9.70. The van der Waals surface area contributed by atoms with Crippen LogP contribution in [0.2, 0.25) is 0 Å². The predicted octanol–water partition coefficient (Wildman–Crippen LogP) is 3.29. The van der Waals surface area contributed by atoms with Crippen LogP contribution in [0, 0.1) is 5.95 Å². The summed E-state index contributed by atoms with van der Waals surface area (Å²) in [5, 5.41) is 5.90. The van der Waals surface area contributed by atoms with Crippen molar-refractivity contribution >= 4 is 17.3 Å². The van der Waals surface area contributed by atoms with Crippen LogP contribution in [0.15, 0.2) is 42.6 Å². The summed E-state index contributed by atoms with van der Waals surface area (Å²) in [5.74, 6) is -0.828. The smallest absolute Gasteiger partial charge is 0.257 e. The van der Waals surface area contributed by atoms with Gasteiger partial charge < -0.3 is 10.6 Å². The van der Waals surface area contributed by atoms with Gasteiger partial charge in [0.15, 0.2) is 0 Å². The number of hydrogen-bond acceptors (Lipinski definition) is 3. The van der Waals surface area contributed by atoms with Crippen molar-refractivity contribution < 1.29 is 9.18 Å². The highest BCUT2D eigenvalue weighted by Gasteiger charge is 2.10. The molecule has 5 heteroatoms. The SMILES string of the molecule is CCCNc1ccccc1C(=O)Nc1ccc(F)nc1. The van der Waals surface area contributed by atoms with Crippen LogP contribution >= 0.6 is 0 Å². The third-order valence-corrected chi connectivity index (χ3v) is 2.72. The molecule has 0 radical (unpaired) electrons. The van der Waals surface area contributed by atoms with Crippen molar-refractivity contribution in [2.24, 2.45) is 0 Å². The molecule has 1 amide bonds. The normalized spacial score (nSPS) is 10.1. The van der Waals surface area contributed by atoms with Crippen molar-refractivity contribution in [3.8, 4) is 0 Å². The number of anilines is 2. The van der Waals surface area contributed by atoms with E-state index in [2.05, 4.69) is 22.5 Å². The third kappa shape index (κ3) is 3.54. The van der Waals surface area contributed by atoms with Crippen LogP contribution < -0.4 is 10.6 Å². The molecule has 104 valence electrons. The zero-order valence-electron chi connectivity index (χ0n) is 11.2. The number of amides is 1. The Bertz CT molecular complexity index is 584. The average Bonchev–Trinajstić information content (AvgIpc) is 2.47. The number of rotatable bonds is 5. The summed E-state index contributed by atoms with van der Waals surface area (Å²) >= 11 is 0. The van der Waals surface area contributed by atoms with Crippen LogP contribution in [0.3, 0.4) is 0 Å². The van der Waals surface area contributed by atoms with E-state index in [-0.39, 0.29) is 5.91 Å². The van der Waals surface area contributed by atoms with Gasteiger partial charge in [0.2, 0.25) is 5.95 Å². The van der Waals surface area contributed by atoms with Gasteiger partial charge in [0.25, 0.3) is 5.91 Å². The molecule has 20 heavy (non-hydrogen) atoms. The van der Waals surface area contributed by atoms with Gasteiger partial charge >= 0.3 is 0 Å². The van der Waals surface area contributed by atoms with Crippen LogP contribution in [-0.4, -0.2) is 17.4 Å². The number of nitrogens with zero attached hydrogens (tertiary/aromatic N) is 1. The molecule has 0 atom stereocenters. The molecule has 0 spiro atoms. The Morgan fingerprint density at radius 3 is 2.75 bits per heavy atom. The summed E-state index contributed by atoms with van der Waals surface area (Å²) in [6, 6.07) is 9.94. The second-order valence-corrected chi connectivity index (χ2v) is 4.30. The zero-order valence-corrected chi connectivity index (χ0v) is 11.2. The molecule has 0 aliphatic heterocycles. The highest BCUT2D eigenvalue weighted by Crippen LogP contribution is 2.17. The molecule has 0 bridgehead atoms. The van der Waals surface area contributed by atoms with Gasteiger partial charge in [-0.15, -0.1) is 0 Å². The summed E-state index contributed by atoms with van der Waals surface area (Å²) in [7, 11) is 0. The fourth-order valence-corrected chi connectivity index (χ4v) is 1.74. The standard InChI is InChI=1S/C15H16FN3O/c1-2-9-17-13-6-4-3-5-12(13)15(20)19-11-7-8-14(16)18-10-11/h3-8,10,17H,2,9H2,1H3,(H,19,20). The van der Waals surface area contributed by atoms with E-state index >= 15 is 0 Å². The first kappa shape index (κ1) is 14.0. The van der Waals surface area contributed by atoms with E-state index in [4.69, 9.17) is 0 Å². The van der Waals surface area contributed by atoms with Crippen molar-refractivity contribution in [3.05, 3.63) is 54.1 Å². The Morgan fingerprint density at radius 2 is 2.05 bits per heavy atom. The Labute approximate surface area is 117 Å². The van der Waals surface area contributed by atoms with E-state index in [1.54, 1.807) is 12.1 Å². The topological polar surface area (TPSA) is 54.0 Å². The summed E-state index contributed by atoms with van der Waals surface area (Å²) in [6.07, 6.45) is 2.26. The first-order valence-corrected chi connectivity index (χ1v) is 6.46. The molecular formula is C15H16FN3O. The number of benzene rings is 1. The number of hydrogen-bond donors (Lipinski definition) is 2. The van der Waals surface area contributed by atoms with Gasteiger partial charge in [-0.1, -0.05) is 19.1 Å². The minimum Gasteiger partial charge on any atom is -0.384 e. The summed E-state index contributed by atoms with van der Waals surface area (Å²) in [5.41, 5.74) is 1.79. The molecule has 0 saturated heterocycles. The lowest BCUT2D eigenvalue weighted by Gasteiger charge is -2.11. The number of aromatic nitrogens is 1. The number of para-hydroxylation sites is 1. The lowest BCUT2D eigenvalue weighted by Crippen LogP contribution is -2.15. The van der Waals surface area contributed by atoms with Crippen molar-refractivity contribution in [2.45, 2.75) is 13.3 Å². The molecule has 1 aromatic carbocycles. The summed E-state index contributed by atoms with van der Waals surface area (Å²) in [6.45, 7) is 2.85. The largest absolute Gasteiger partial charge is 0.384 e. The second kappa shape index (κ2) is 6.65. The maximum atomic E-state index is 12.7. The van der Waals surface area contributed by atoms with E-state index in [9.17, 15) is 9.18 Å². The maximum Gasteiger partial charge on any atom is 0.257 e. The van der Waals surface area contributed by atoms with Crippen molar-refractivity contribution in [1.82, 2.24) is 4.98 Å². The quantitative estimate of drug-likeness (QED) is 0.822. The Morgan fingerprint density at radius 1 is 1.25 bits per heavy atom. The van der Waals surface area contributed by atoms with Crippen molar-refractivity contribution in [1.29, 1.82) is 0 Å². The van der Waals surface area contributed by atoms with Gasteiger partial charge in [-0.05, 0) is 30.7 Å². The predicted molar refractivity (Wildman–Crippen MR) is 77.4 cm³/mol.